The Morgan fingerprint density at radius 3 is 2.57 bits per heavy atom. The highest BCUT2D eigenvalue weighted by atomic mass is 16.2. The standard InChI is InChI=1S/C11H22N2O/c1-5-7-8-13-9(3)12-11(4,6-2)10(13)14/h9,12H,5-8H2,1-4H3. The van der Waals surface area contributed by atoms with Crippen molar-refractivity contribution >= 4 is 5.91 Å². The molecule has 0 bridgehead atoms. The highest BCUT2D eigenvalue weighted by Gasteiger charge is 2.44. The molecule has 1 fully saturated rings. The van der Waals surface area contributed by atoms with Gasteiger partial charge in [-0.05, 0) is 26.7 Å². The molecule has 3 nitrogen and oxygen atoms in total. The third-order valence-corrected chi connectivity index (χ3v) is 3.19. The molecule has 1 N–H and O–H groups in total. The van der Waals surface area contributed by atoms with Gasteiger partial charge in [-0.15, -0.1) is 0 Å². The number of carbonyl (C=O) groups is 1. The van der Waals surface area contributed by atoms with E-state index in [0.717, 1.165) is 25.8 Å². The molecule has 1 amide bonds. The Kier molecular flexibility index (Phi) is 3.53. The number of unbranched alkanes of at least 4 members (excludes halogenated alkanes) is 1. The van der Waals surface area contributed by atoms with E-state index in [9.17, 15) is 4.79 Å². The molecule has 1 aliphatic heterocycles. The third-order valence-electron chi connectivity index (χ3n) is 3.19. The normalized spacial score (nSPS) is 32.7. The lowest BCUT2D eigenvalue weighted by Crippen LogP contribution is -2.43. The molecule has 3 heteroatoms. The van der Waals surface area contributed by atoms with Gasteiger partial charge in [0.05, 0.1) is 11.7 Å². The Bertz CT molecular complexity index is 217. The monoisotopic (exact) mass is 198 g/mol. The lowest BCUT2D eigenvalue weighted by molar-refractivity contribution is -0.132. The highest BCUT2D eigenvalue weighted by Crippen LogP contribution is 2.23. The van der Waals surface area contributed by atoms with Crippen LogP contribution < -0.4 is 5.32 Å². The molecule has 0 aromatic rings. The smallest absolute Gasteiger partial charge is 0.243 e. The number of rotatable bonds is 4. The van der Waals surface area contributed by atoms with Crippen LogP contribution in [0.15, 0.2) is 0 Å². The third kappa shape index (κ3) is 1.92. The molecular weight excluding hydrogens is 176 g/mol. The van der Waals surface area contributed by atoms with E-state index in [-0.39, 0.29) is 17.6 Å². The van der Waals surface area contributed by atoms with E-state index in [0.29, 0.717) is 0 Å². The lowest BCUT2D eigenvalue weighted by Gasteiger charge is -2.21. The summed E-state index contributed by atoms with van der Waals surface area (Å²) in [6.45, 7) is 9.16. The van der Waals surface area contributed by atoms with E-state index in [4.69, 9.17) is 0 Å². The van der Waals surface area contributed by atoms with Crippen LogP contribution in [-0.4, -0.2) is 29.1 Å². The zero-order valence-electron chi connectivity index (χ0n) is 9.76. The van der Waals surface area contributed by atoms with Crippen LogP contribution in [0.2, 0.25) is 0 Å². The van der Waals surface area contributed by atoms with E-state index in [2.05, 4.69) is 26.1 Å². The van der Waals surface area contributed by atoms with Crippen LogP contribution in [0, 0.1) is 0 Å². The minimum atomic E-state index is -0.326. The van der Waals surface area contributed by atoms with Gasteiger partial charge in [-0.2, -0.15) is 0 Å². The molecule has 1 heterocycles. The van der Waals surface area contributed by atoms with E-state index in [1.165, 1.54) is 0 Å². The van der Waals surface area contributed by atoms with Gasteiger partial charge < -0.3 is 4.90 Å². The molecule has 2 atom stereocenters. The second-order valence-corrected chi connectivity index (χ2v) is 4.36. The summed E-state index contributed by atoms with van der Waals surface area (Å²) in [5.41, 5.74) is -0.326. The van der Waals surface area contributed by atoms with Crippen molar-refractivity contribution in [3.8, 4) is 0 Å². The van der Waals surface area contributed by atoms with Crippen molar-refractivity contribution in [2.45, 2.75) is 58.7 Å². The van der Waals surface area contributed by atoms with Gasteiger partial charge in [0.2, 0.25) is 5.91 Å². The molecule has 0 aromatic carbocycles. The average molecular weight is 198 g/mol. The maximum atomic E-state index is 12.0. The maximum Gasteiger partial charge on any atom is 0.243 e. The molecular formula is C11H22N2O. The summed E-state index contributed by atoms with van der Waals surface area (Å²) in [6, 6.07) is 0. The molecule has 0 aromatic heterocycles. The largest absolute Gasteiger partial charge is 0.326 e. The summed E-state index contributed by atoms with van der Waals surface area (Å²) in [6.07, 6.45) is 3.29. The summed E-state index contributed by atoms with van der Waals surface area (Å²) >= 11 is 0. The predicted octanol–water partition coefficient (Wildman–Crippen LogP) is 1.73. The summed E-state index contributed by atoms with van der Waals surface area (Å²) in [4.78, 5) is 14.0. The molecule has 82 valence electrons. The van der Waals surface area contributed by atoms with Crippen LogP contribution in [-0.2, 0) is 4.79 Å². The van der Waals surface area contributed by atoms with Gasteiger partial charge in [0.15, 0.2) is 0 Å². The second-order valence-electron chi connectivity index (χ2n) is 4.36. The van der Waals surface area contributed by atoms with Crippen LogP contribution in [0.25, 0.3) is 0 Å². The van der Waals surface area contributed by atoms with Gasteiger partial charge in [0, 0.05) is 6.54 Å². The molecule has 2 unspecified atom stereocenters. The molecule has 0 radical (unpaired) electrons. The quantitative estimate of drug-likeness (QED) is 0.746. The average Bonchev–Trinajstić information content (AvgIpc) is 2.37. The summed E-state index contributed by atoms with van der Waals surface area (Å²) in [5.74, 6) is 0.265. The maximum absolute atomic E-state index is 12.0. The van der Waals surface area contributed by atoms with Gasteiger partial charge in [-0.3, -0.25) is 10.1 Å². The minimum Gasteiger partial charge on any atom is -0.326 e. The van der Waals surface area contributed by atoms with Gasteiger partial charge in [-0.1, -0.05) is 20.3 Å². The fourth-order valence-electron chi connectivity index (χ4n) is 1.97. The number of nitrogens with zero attached hydrogens (tertiary/aromatic N) is 1. The number of nitrogens with one attached hydrogen (secondary N) is 1. The van der Waals surface area contributed by atoms with Crippen LogP contribution in [0.3, 0.4) is 0 Å². The fourth-order valence-corrected chi connectivity index (χ4v) is 1.97. The Balaban J connectivity index is 2.65. The molecule has 14 heavy (non-hydrogen) atoms. The van der Waals surface area contributed by atoms with Gasteiger partial charge in [-0.25, -0.2) is 0 Å². The second kappa shape index (κ2) is 4.30. The number of hydrogen-bond donors (Lipinski definition) is 1. The van der Waals surface area contributed by atoms with E-state index in [1.807, 2.05) is 11.8 Å². The van der Waals surface area contributed by atoms with Crippen LogP contribution in [0.5, 0.6) is 0 Å². The first-order valence-corrected chi connectivity index (χ1v) is 5.64. The molecule has 1 rings (SSSR count). The predicted molar refractivity (Wildman–Crippen MR) is 57.9 cm³/mol. The van der Waals surface area contributed by atoms with Gasteiger partial charge in [0.25, 0.3) is 0 Å². The SMILES string of the molecule is CCCCN1C(=O)C(C)(CC)NC1C. The van der Waals surface area contributed by atoms with Crippen molar-refractivity contribution < 1.29 is 4.79 Å². The Morgan fingerprint density at radius 1 is 1.50 bits per heavy atom. The molecule has 0 spiro atoms. The van der Waals surface area contributed by atoms with E-state index in [1.54, 1.807) is 0 Å². The van der Waals surface area contributed by atoms with Crippen molar-refractivity contribution in [1.82, 2.24) is 10.2 Å². The minimum absolute atomic E-state index is 0.194. The van der Waals surface area contributed by atoms with E-state index < -0.39 is 0 Å². The van der Waals surface area contributed by atoms with Crippen LogP contribution in [0.1, 0.15) is 47.0 Å². The van der Waals surface area contributed by atoms with Crippen LogP contribution >= 0.6 is 0 Å². The molecule has 0 aliphatic carbocycles. The zero-order chi connectivity index (χ0) is 10.8. The summed E-state index contributed by atoms with van der Waals surface area (Å²) in [5, 5.41) is 3.37. The molecule has 0 saturated carbocycles. The summed E-state index contributed by atoms with van der Waals surface area (Å²) < 4.78 is 0. The Morgan fingerprint density at radius 2 is 2.14 bits per heavy atom. The van der Waals surface area contributed by atoms with Crippen molar-refractivity contribution in [3.05, 3.63) is 0 Å². The van der Waals surface area contributed by atoms with Crippen LogP contribution in [0.4, 0.5) is 0 Å². The van der Waals surface area contributed by atoms with Gasteiger partial charge in [0.1, 0.15) is 0 Å². The first-order valence-electron chi connectivity index (χ1n) is 5.64. The van der Waals surface area contributed by atoms with Crippen molar-refractivity contribution in [1.29, 1.82) is 0 Å². The summed E-state index contributed by atoms with van der Waals surface area (Å²) in [7, 11) is 0. The molecule has 1 aliphatic rings. The lowest BCUT2D eigenvalue weighted by atomic mass is 9.99. The topological polar surface area (TPSA) is 32.3 Å². The fraction of sp³-hybridized carbons (Fsp3) is 0.909. The molecule has 1 saturated heterocycles. The van der Waals surface area contributed by atoms with Gasteiger partial charge >= 0.3 is 0 Å². The van der Waals surface area contributed by atoms with Crippen molar-refractivity contribution in [2.24, 2.45) is 0 Å². The first kappa shape index (κ1) is 11.5. The number of amides is 1. The first-order chi connectivity index (χ1) is 6.55. The van der Waals surface area contributed by atoms with E-state index >= 15 is 0 Å². The number of carbonyl (C=O) groups excluding carboxylic acids is 1. The Labute approximate surface area is 86.9 Å². The number of hydrogen-bond acceptors (Lipinski definition) is 2. The highest BCUT2D eigenvalue weighted by molar-refractivity contribution is 5.88. The zero-order valence-corrected chi connectivity index (χ0v) is 9.76. The Hall–Kier alpha value is -0.570. The van der Waals surface area contributed by atoms with Crippen molar-refractivity contribution in [3.63, 3.8) is 0 Å². The van der Waals surface area contributed by atoms with Crippen molar-refractivity contribution in [2.75, 3.05) is 6.54 Å².